The van der Waals surface area contributed by atoms with Gasteiger partial charge in [0.2, 0.25) is 0 Å². The van der Waals surface area contributed by atoms with Gasteiger partial charge in [-0.2, -0.15) is 0 Å². The molecule has 0 aliphatic heterocycles. The molecule has 3 N–H and O–H groups in total. The van der Waals surface area contributed by atoms with E-state index in [9.17, 15) is 9.18 Å². The molecule has 13 heavy (non-hydrogen) atoms. The fraction of sp³-hybridized carbons (Fsp3) is 0. The van der Waals surface area contributed by atoms with Crippen LogP contribution in [0.15, 0.2) is 18.2 Å². The second kappa shape index (κ2) is 3.55. The summed E-state index contributed by atoms with van der Waals surface area (Å²) in [6, 6.07) is 2.71. The molecule has 0 unspecified atom stereocenters. The number of halogens is 1. The Hall–Kier alpha value is -1.40. The molecule has 0 spiro atoms. The number of carboxylic acid groups (broad SMARTS) is 1. The minimum Gasteiger partial charge on any atom is -0.478 e. The van der Waals surface area contributed by atoms with Gasteiger partial charge in [0.1, 0.15) is 5.82 Å². The second-order valence-electron chi connectivity index (χ2n) is 2.41. The van der Waals surface area contributed by atoms with Crippen LogP contribution in [-0.4, -0.2) is 28.2 Å². The van der Waals surface area contributed by atoms with Gasteiger partial charge in [-0.05, 0) is 17.6 Å². The van der Waals surface area contributed by atoms with Crippen molar-refractivity contribution < 1.29 is 24.3 Å². The molecule has 0 aromatic heterocycles. The van der Waals surface area contributed by atoms with E-state index >= 15 is 0 Å². The fourth-order valence-corrected chi connectivity index (χ4v) is 0.939. The molecule has 0 aliphatic rings. The van der Waals surface area contributed by atoms with Gasteiger partial charge in [0.25, 0.3) is 0 Å². The molecule has 0 amide bonds. The molecule has 0 bridgehead atoms. The lowest BCUT2D eigenvalue weighted by Crippen LogP contribution is -2.34. The van der Waals surface area contributed by atoms with Crippen LogP contribution < -0.4 is 5.46 Å². The molecular formula is C7H6BFO4. The average molecular weight is 184 g/mol. The monoisotopic (exact) mass is 184 g/mol. The van der Waals surface area contributed by atoms with Gasteiger partial charge in [-0.3, -0.25) is 0 Å². The van der Waals surface area contributed by atoms with Crippen LogP contribution in [0.3, 0.4) is 0 Å². The molecule has 0 saturated heterocycles. The maximum Gasteiger partial charge on any atom is 0.489 e. The Morgan fingerprint density at radius 3 is 2.46 bits per heavy atom. The van der Waals surface area contributed by atoms with E-state index in [1.807, 2.05) is 0 Å². The predicted octanol–water partition coefficient (Wildman–Crippen LogP) is -0.796. The smallest absolute Gasteiger partial charge is 0.478 e. The van der Waals surface area contributed by atoms with E-state index in [2.05, 4.69) is 0 Å². The van der Waals surface area contributed by atoms with E-state index in [1.165, 1.54) is 0 Å². The summed E-state index contributed by atoms with van der Waals surface area (Å²) in [5, 5.41) is 26.0. The number of hydrogen-bond acceptors (Lipinski definition) is 3. The van der Waals surface area contributed by atoms with E-state index in [0.717, 1.165) is 18.2 Å². The number of rotatable bonds is 2. The van der Waals surface area contributed by atoms with E-state index < -0.39 is 24.5 Å². The quantitative estimate of drug-likeness (QED) is 0.526. The fourth-order valence-electron chi connectivity index (χ4n) is 0.939. The van der Waals surface area contributed by atoms with Crippen LogP contribution in [-0.2, 0) is 0 Å². The van der Waals surface area contributed by atoms with Crippen LogP contribution in [0.5, 0.6) is 0 Å². The van der Waals surface area contributed by atoms with Gasteiger partial charge in [-0.1, -0.05) is 6.07 Å². The van der Waals surface area contributed by atoms with Gasteiger partial charge < -0.3 is 15.2 Å². The highest BCUT2D eigenvalue weighted by atomic mass is 19.1. The third-order valence-electron chi connectivity index (χ3n) is 1.52. The molecule has 1 aromatic rings. The van der Waals surface area contributed by atoms with Gasteiger partial charge in [-0.25, -0.2) is 9.18 Å². The first-order chi connectivity index (χ1) is 6.02. The Bertz CT molecular complexity index is 339. The molecule has 4 nitrogen and oxygen atoms in total. The van der Waals surface area contributed by atoms with E-state index in [1.54, 1.807) is 0 Å². The molecule has 0 radical (unpaired) electrons. The molecule has 1 aromatic carbocycles. The molecule has 0 saturated carbocycles. The van der Waals surface area contributed by atoms with Crippen LogP contribution in [0, 0.1) is 5.82 Å². The summed E-state index contributed by atoms with van der Waals surface area (Å²) in [4.78, 5) is 10.5. The van der Waals surface area contributed by atoms with E-state index in [0.29, 0.717) is 0 Å². The molecule has 0 fully saturated rings. The Morgan fingerprint density at radius 2 is 2.00 bits per heavy atom. The number of carboxylic acids is 1. The Labute approximate surface area is 73.4 Å². The van der Waals surface area contributed by atoms with Crippen LogP contribution >= 0.6 is 0 Å². The summed E-state index contributed by atoms with van der Waals surface area (Å²) < 4.78 is 12.5. The van der Waals surface area contributed by atoms with Crippen molar-refractivity contribution >= 4 is 18.6 Å². The molecule has 0 aliphatic carbocycles. The van der Waals surface area contributed by atoms with Crippen LogP contribution in [0.25, 0.3) is 0 Å². The molecule has 6 heteroatoms. The van der Waals surface area contributed by atoms with Gasteiger partial charge in [0, 0.05) is 0 Å². The number of benzene rings is 1. The van der Waals surface area contributed by atoms with Crippen molar-refractivity contribution in [2.24, 2.45) is 0 Å². The molecular weight excluding hydrogens is 178 g/mol. The summed E-state index contributed by atoms with van der Waals surface area (Å²) in [6.07, 6.45) is 0. The van der Waals surface area contributed by atoms with Crippen LogP contribution in [0.4, 0.5) is 4.39 Å². The van der Waals surface area contributed by atoms with Crippen molar-refractivity contribution in [1.29, 1.82) is 0 Å². The topological polar surface area (TPSA) is 77.8 Å². The first kappa shape index (κ1) is 9.69. The molecule has 0 atom stereocenters. The van der Waals surface area contributed by atoms with Crippen LogP contribution in [0.1, 0.15) is 10.4 Å². The third-order valence-corrected chi connectivity index (χ3v) is 1.52. The Balaban J connectivity index is 3.27. The number of aromatic carboxylic acids is 1. The Morgan fingerprint density at radius 1 is 1.38 bits per heavy atom. The average Bonchev–Trinajstić information content (AvgIpc) is 2.03. The van der Waals surface area contributed by atoms with Gasteiger partial charge in [0.05, 0.1) is 5.56 Å². The molecule has 0 heterocycles. The maximum absolute atomic E-state index is 12.5. The normalized spacial score (nSPS) is 9.77. The summed E-state index contributed by atoms with van der Waals surface area (Å²) in [5.74, 6) is -2.13. The number of hydrogen-bond donors (Lipinski definition) is 3. The SMILES string of the molecule is O=C(O)c1cc(F)ccc1B(O)O. The highest BCUT2D eigenvalue weighted by Gasteiger charge is 2.20. The predicted molar refractivity (Wildman–Crippen MR) is 43.2 cm³/mol. The standard InChI is InChI=1S/C7H6BFO4/c9-4-1-2-6(8(12)13)5(3-4)7(10)11/h1-3,12-13H,(H,10,11). The molecule has 68 valence electrons. The maximum atomic E-state index is 12.5. The summed E-state index contributed by atoms with van der Waals surface area (Å²) in [6.45, 7) is 0. The lowest BCUT2D eigenvalue weighted by molar-refractivity contribution is 0.0697. The lowest BCUT2D eigenvalue weighted by Gasteiger charge is -2.03. The summed E-state index contributed by atoms with van der Waals surface area (Å²) in [5.41, 5.74) is -0.677. The largest absolute Gasteiger partial charge is 0.489 e. The zero-order valence-corrected chi connectivity index (χ0v) is 6.44. The third kappa shape index (κ3) is 2.04. The van der Waals surface area contributed by atoms with E-state index in [4.69, 9.17) is 15.2 Å². The van der Waals surface area contributed by atoms with Crippen molar-refractivity contribution in [1.82, 2.24) is 0 Å². The van der Waals surface area contributed by atoms with Crippen molar-refractivity contribution in [3.05, 3.63) is 29.6 Å². The van der Waals surface area contributed by atoms with Gasteiger partial charge >= 0.3 is 13.1 Å². The zero-order valence-electron chi connectivity index (χ0n) is 6.44. The first-order valence-corrected chi connectivity index (χ1v) is 3.41. The van der Waals surface area contributed by atoms with Gasteiger partial charge in [-0.15, -0.1) is 0 Å². The number of carbonyl (C=O) groups is 1. The highest BCUT2D eigenvalue weighted by molar-refractivity contribution is 6.60. The Kier molecular flexibility index (Phi) is 2.65. The summed E-state index contributed by atoms with van der Waals surface area (Å²) in [7, 11) is -1.91. The highest BCUT2D eigenvalue weighted by Crippen LogP contribution is 2.01. The minimum absolute atomic E-state index is 0.228. The van der Waals surface area contributed by atoms with Crippen molar-refractivity contribution in [2.45, 2.75) is 0 Å². The van der Waals surface area contributed by atoms with Crippen molar-refractivity contribution in [3.63, 3.8) is 0 Å². The minimum atomic E-state index is -1.91. The van der Waals surface area contributed by atoms with E-state index in [-0.39, 0.29) is 5.46 Å². The lowest BCUT2D eigenvalue weighted by atomic mass is 9.77. The second-order valence-corrected chi connectivity index (χ2v) is 2.41. The van der Waals surface area contributed by atoms with Gasteiger partial charge in [0.15, 0.2) is 0 Å². The zero-order chi connectivity index (χ0) is 10.0. The first-order valence-electron chi connectivity index (χ1n) is 3.41. The van der Waals surface area contributed by atoms with Crippen molar-refractivity contribution in [3.8, 4) is 0 Å². The molecule has 1 rings (SSSR count). The van der Waals surface area contributed by atoms with Crippen molar-refractivity contribution in [2.75, 3.05) is 0 Å². The summed E-state index contributed by atoms with van der Waals surface area (Å²) >= 11 is 0. The van der Waals surface area contributed by atoms with Crippen LogP contribution in [0.2, 0.25) is 0 Å².